The molecule has 3 heteroatoms. The van der Waals surface area contributed by atoms with Gasteiger partial charge in [0.25, 0.3) is 0 Å². The number of halogens is 1. The lowest BCUT2D eigenvalue weighted by molar-refractivity contribution is 0.225. The van der Waals surface area contributed by atoms with Gasteiger partial charge in [-0.1, -0.05) is 31.5 Å². The molecule has 1 heterocycles. The van der Waals surface area contributed by atoms with Crippen LogP contribution in [-0.4, -0.2) is 6.61 Å². The minimum absolute atomic E-state index is 0.142. The molecule has 0 N–H and O–H groups in total. The molecule has 1 aliphatic heterocycles. The van der Waals surface area contributed by atoms with Crippen molar-refractivity contribution < 1.29 is 4.74 Å². The predicted molar refractivity (Wildman–Crippen MR) is 64.3 cm³/mol. The van der Waals surface area contributed by atoms with E-state index in [4.69, 9.17) is 21.6 Å². The summed E-state index contributed by atoms with van der Waals surface area (Å²) < 4.78 is 5.69. The predicted octanol–water partition coefficient (Wildman–Crippen LogP) is 3.67. The zero-order valence-corrected chi connectivity index (χ0v) is 10.0. The molecule has 16 heavy (non-hydrogen) atoms. The summed E-state index contributed by atoms with van der Waals surface area (Å²) in [6, 6.07) is 7.56. The summed E-state index contributed by atoms with van der Waals surface area (Å²) in [4.78, 5) is 0. The highest BCUT2D eigenvalue weighted by atomic mass is 35.5. The van der Waals surface area contributed by atoms with E-state index in [1.165, 1.54) is 0 Å². The normalized spacial score (nSPS) is 17.5. The molecule has 1 aromatic rings. The summed E-state index contributed by atoms with van der Waals surface area (Å²) in [7, 11) is 0. The molecular weight excluding hydrogens is 222 g/mol. The second-order valence-electron chi connectivity index (χ2n) is 4.59. The van der Waals surface area contributed by atoms with Gasteiger partial charge in [-0.2, -0.15) is 5.26 Å². The fourth-order valence-corrected chi connectivity index (χ4v) is 1.88. The fourth-order valence-electron chi connectivity index (χ4n) is 1.70. The summed E-state index contributed by atoms with van der Waals surface area (Å²) in [5.74, 6) is 0.725. The first-order chi connectivity index (χ1) is 7.52. The molecule has 0 fully saturated rings. The molecule has 0 atom stereocenters. The van der Waals surface area contributed by atoms with Crippen LogP contribution in [0, 0.1) is 16.7 Å². The molecule has 0 saturated heterocycles. The summed E-state index contributed by atoms with van der Waals surface area (Å²) in [6.07, 6.45) is 1.94. The lowest BCUT2D eigenvalue weighted by Crippen LogP contribution is -2.17. The van der Waals surface area contributed by atoms with Crippen LogP contribution < -0.4 is 4.74 Å². The second kappa shape index (κ2) is 3.84. The van der Waals surface area contributed by atoms with E-state index < -0.39 is 0 Å². The van der Waals surface area contributed by atoms with E-state index in [1.54, 1.807) is 12.1 Å². The maximum Gasteiger partial charge on any atom is 0.127 e. The smallest absolute Gasteiger partial charge is 0.127 e. The van der Waals surface area contributed by atoms with E-state index in [-0.39, 0.29) is 5.41 Å². The number of allylic oxidation sites excluding steroid dienone is 1. The van der Waals surface area contributed by atoms with Crippen LogP contribution in [0.3, 0.4) is 0 Å². The van der Waals surface area contributed by atoms with Crippen molar-refractivity contribution in [2.24, 2.45) is 5.41 Å². The van der Waals surface area contributed by atoms with Gasteiger partial charge in [0, 0.05) is 16.0 Å². The van der Waals surface area contributed by atoms with Crippen LogP contribution in [0.15, 0.2) is 24.3 Å². The molecule has 0 aliphatic carbocycles. The highest BCUT2D eigenvalue weighted by Crippen LogP contribution is 2.35. The Balaban J connectivity index is 2.60. The summed E-state index contributed by atoms with van der Waals surface area (Å²) in [5.41, 5.74) is 1.26. The number of fused-ring (bicyclic) bond motifs is 1. The third kappa shape index (κ3) is 2.05. The molecule has 0 amide bonds. The molecule has 0 radical (unpaired) electrons. The van der Waals surface area contributed by atoms with Gasteiger partial charge in [-0.15, -0.1) is 0 Å². The molecule has 0 spiro atoms. The topological polar surface area (TPSA) is 33.0 Å². The van der Waals surface area contributed by atoms with Crippen LogP contribution in [0.2, 0.25) is 5.02 Å². The first-order valence-electron chi connectivity index (χ1n) is 5.07. The minimum Gasteiger partial charge on any atom is -0.492 e. The average Bonchev–Trinajstić information content (AvgIpc) is 2.36. The lowest BCUT2D eigenvalue weighted by Gasteiger charge is -2.18. The number of benzene rings is 1. The zero-order chi connectivity index (χ0) is 11.8. The first-order valence-corrected chi connectivity index (χ1v) is 5.45. The van der Waals surface area contributed by atoms with E-state index in [0.717, 1.165) is 11.3 Å². The number of hydrogen-bond acceptors (Lipinski definition) is 2. The quantitative estimate of drug-likeness (QED) is 0.685. The van der Waals surface area contributed by atoms with E-state index >= 15 is 0 Å². The van der Waals surface area contributed by atoms with Crippen molar-refractivity contribution in [2.75, 3.05) is 6.61 Å². The van der Waals surface area contributed by atoms with Crippen molar-refractivity contribution in [1.29, 1.82) is 5.26 Å². The summed E-state index contributed by atoms with van der Waals surface area (Å²) >= 11 is 5.93. The first kappa shape index (κ1) is 11.0. The third-order valence-corrected chi connectivity index (χ3v) is 2.72. The standard InChI is InChI=1S/C13H12ClNO/c1-13(2)6-9(7-15)11-5-10(14)3-4-12(11)16-8-13/h3-6H,8H2,1-2H3. The molecule has 0 unspecified atom stereocenters. The SMILES string of the molecule is CC1(C)C=C(C#N)c2cc(Cl)ccc2OC1. The van der Waals surface area contributed by atoms with Crippen molar-refractivity contribution in [1.82, 2.24) is 0 Å². The Labute approximate surface area is 100 Å². The van der Waals surface area contributed by atoms with Gasteiger partial charge in [0.1, 0.15) is 5.75 Å². The number of nitrogens with zero attached hydrogens (tertiary/aromatic N) is 1. The van der Waals surface area contributed by atoms with Crippen LogP contribution in [0.25, 0.3) is 5.57 Å². The van der Waals surface area contributed by atoms with Gasteiger partial charge in [0.05, 0.1) is 18.2 Å². The van der Waals surface area contributed by atoms with Crippen molar-refractivity contribution in [3.8, 4) is 11.8 Å². The van der Waals surface area contributed by atoms with Gasteiger partial charge < -0.3 is 4.74 Å². The summed E-state index contributed by atoms with van der Waals surface area (Å²) in [5, 5.41) is 9.78. The summed E-state index contributed by atoms with van der Waals surface area (Å²) in [6.45, 7) is 4.64. The van der Waals surface area contributed by atoms with Gasteiger partial charge >= 0.3 is 0 Å². The third-order valence-electron chi connectivity index (χ3n) is 2.49. The Morgan fingerprint density at radius 3 is 2.88 bits per heavy atom. The van der Waals surface area contributed by atoms with Gasteiger partial charge in [-0.25, -0.2) is 0 Å². The van der Waals surface area contributed by atoms with Gasteiger partial charge in [-0.05, 0) is 18.2 Å². The van der Waals surface area contributed by atoms with Crippen LogP contribution in [0.5, 0.6) is 5.75 Å². The highest BCUT2D eigenvalue weighted by molar-refractivity contribution is 6.30. The Kier molecular flexibility index (Phi) is 2.65. The zero-order valence-electron chi connectivity index (χ0n) is 9.25. The van der Waals surface area contributed by atoms with Crippen molar-refractivity contribution in [2.45, 2.75) is 13.8 Å². The van der Waals surface area contributed by atoms with Crippen LogP contribution in [-0.2, 0) is 0 Å². The molecule has 1 aliphatic rings. The molecule has 1 aromatic carbocycles. The number of ether oxygens (including phenoxy) is 1. The van der Waals surface area contributed by atoms with E-state index in [2.05, 4.69) is 6.07 Å². The lowest BCUT2D eigenvalue weighted by atomic mass is 9.91. The van der Waals surface area contributed by atoms with Crippen molar-refractivity contribution in [3.63, 3.8) is 0 Å². The molecule has 2 rings (SSSR count). The van der Waals surface area contributed by atoms with Crippen molar-refractivity contribution >= 4 is 17.2 Å². The average molecular weight is 234 g/mol. The maximum absolute atomic E-state index is 9.17. The maximum atomic E-state index is 9.17. The van der Waals surface area contributed by atoms with E-state index in [0.29, 0.717) is 17.2 Å². The molecule has 0 saturated carbocycles. The Bertz CT molecular complexity index is 497. The van der Waals surface area contributed by atoms with Crippen LogP contribution in [0.1, 0.15) is 19.4 Å². The van der Waals surface area contributed by atoms with Gasteiger partial charge in [0.2, 0.25) is 0 Å². The Morgan fingerprint density at radius 1 is 1.44 bits per heavy atom. The monoisotopic (exact) mass is 233 g/mol. The molecule has 0 aromatic heterocycles. The number of rotatable bonds is 0. The molecule has 0 bridgehead atoms. The molecular formula is C13H12ClNO. The Morgan fingerprint density at radius 2 is 2.19 bits per heavy atom. The van der Waals surface area contributed by atoms with Crippen LogP contribution >= 0.6 is 11.6 Å². The highest BCUT2D eigenvalue weighted by Gasteiger charge is 2.23. The fraction of sp³-hybridized carbons (Fsp3) is 0.308. The molecule has 2 nitrogen and oxygen atoms in total. The number of hydrogen-bond donors (Lipinski definition) is 0. The van der Waals surface area contributed by atoms with Crippen molar-refractivity contribution in [3.05, 3.63) is 34.9 Å². The van der Waals surface area contributed by atoms with E-state index in [9.17, 15) is 0 Å². The van der Waals surface area contributed by atoms with E-state index in [1.807, 2.05) is 26.0 Å². The minimum atomic E-state index is -0.142. The molecule has 82 valence electrons. The number of nitriles is 1. The largest absolute Gasteiger partial charge is 0.492 e. The van der Waals surface area contributed by atoms with Crippen LogP contribution in [0.4, 0.5) is 0 Å². The Hall–Kier alpha value is -1.46. The van der Waals surface area contributed by atoms with Gasteiger partial charge in [-0.3, -0.25) is 0 Å². The second-order valence-corrected chi connectivity index (χ2v) is 5.02. The van der Waals surface area contributed by atoms with Gasteiger partial charge in [0.15, 0.2) is 0 Å².